The molecule has 0 fully saturated rings. The molecule has 0 bridgehead atoms. The average Bonchev–Trinajstić information content (AvgIpc) is 3.71. The van der Waals surface area contributed by atoms with E-state index in [1.54, 1.807) is 18.2 Å². The highest BCUT2D eigenvalue weighted by Crippen LogP contribution is 2.38. The number of hydrogen-bond donors (Lipinski definition) is 1. The van der Waals surface area contributed by atoms with E-state index in [1.807, 2.05) is 38.9 Å². The molecule has 54 heavy (non-hydrogen) atoms. The molecule has 0 amide bonds. The molecular weight excluding hydrogens is 737 g/mol. The van der Waals surface area contributed by atoms with Crippen LogP contribution in [0, 0.1) is 13.1 Å². The minimum Gasteiger partial charge on any atom is -0.486 e. The van der Waals surface area contributed by atoms with Crippen LogP contribution in [0.2, 0.25) is 16.9 Å². The van der Waals surface area contributed by atoms with Crippen molar-refractivity contribution in [2.45, 2.75) is 59.8 Å². The predicted octanol–water partition coefficient (Wildman–Crippen LogP) is 7.28. The Hall–Kier alpha value is -4.86. The quantitative estimate of drug-likeness (QED) is 0.0787. The molecule has 0 saturated heterocycles. The topological polar surface area (TPSA) is 136 Å². The zero-order chi connectivity index (χ0) is 38.8. The van der Waals surface area contributed by atoms with Gasteiger partial charge in [0.2, 0.25) is 34.9 Å². The second kappa shape index (κ2) is 18.9. The van der Waals surface area contributed by atoms with Crippen LogP contribution in [0.1, 0.15) is 44.7 Å². The van der Waals surface area contributed by atoms with E-state index in [0.29, 0.717) is 49.6 Å². The summed E-state index contributed by atoms with van der Waals surface area (Å²) < 4.78 is 38.9. The van der Waals surface area contributed by atoms with Crippen LogP contribution in [0.5, 0.6) is 35.0 Å². The van der Waals surface area contributed by atoms with Gasteiger partial charge in [-0.15, -0.1) is 0 Å². The van der Waals surface area contributed by atoms with Gasteiger partial charge in [-0.1, -0.05) is 42.2 Å². The Kier molecular flexibility index (Phi) is 14.1. The van der Waals surface area contributed by atoms with E-state index in [2.05, 4.69) is 19.7 Å². The number of carbonyl (C=O) groups excluding carboxylic acids is 1. The summed E-state index contributed by atoms with van der Waals surface area (Å²) in [4.78, 5) is 26.3. The maximum atomic E-state index is 11.0. The van der Waals surface area contributed by atoms with Gasteiger partial charge in [-0.2, -0.15) is 9.97 Å². The summed E-state index contributed by atoms with van der Waals surface area (Å²) in [5.74, 6) is 1.74. The number of rotatable bonds is 14. The van der Waals surface area contributed by atoms with Crippen molar-refractivity contribution in [2.24, 2.45) is 0 Å². The van der Waals surface area contributed by atoms with Crippen molar-refractivity contribution in [3.05, 3.63) is 92.5 Å². The van der Waals surface area contributed by atoms with Crippen molar-refractivity contribution in [2.75, 3.05) is 19.8 Å². The number of ether oxygens (including phenoxy) is 5. The lowest BCUT2D eigenvalue weighted by Crippen LogP contribution is -2.27. The molecule has 2 aromatic carbocycles. The first kappa shape index (κ1) is 40.3. The smallest absolute Gasteiger partial charge is 0.486 e. The molecule has 6 rings (SSSR count). The fraction of sp³-hybridized carbons (Fsp3) is 0.324. The molecule has 1 N–H and O–H groups in total. The summed E-state index contributed by atoms with van der Waals surface area (Å²) in [6.07, 6.45) is 1.06. The minimum absolute atomic E-state index is 0.0729. The van der Waals surface area contributed by atoms with Gasteiger partial charge in [-0.05, 0) is 85.6 Å². The standard InChI is InChI=1S/C19H18BClN2O4.C18H18BClN2O5/c1-12(24)5-4-8-25-19-17(22-3)10-16(21)18(23-19)27-14-6-7-15-13(9-14)11-26-20(15)2;1-11(2)24-6-7-25-18-16(21-3)9-15(20)17(22-18)27-13-4-5-14-12(8-13)10-26-19(14)23/h6-7,9-10H,4-5,8,11H2,1-2H3;4-5,8-9,11,23H,6-7,10H2,1-2H3. The van der Waals surface area contributed by atoms with Crippen LogP contribution in [0.25, 0.3) is 9.69 Å². The lowest BCUT2D eigenvalue weighted by molar-refractivity contribution is -0.117. The van der Waals surface area contributed by atoms with Gasteiger partial charge < -0.3 is 42.8 Å². The van der Waals surface area contributed by atoms with E-state index in [0.717, 1.165) is 16.6 Å². The number of hydrogen-bond acceptors (Lipinski definition) is 11. The third kappa shape index (κ3) is 10.6. The van der Waals surface area contributed by atoms with Crippen LogP contribution in [-0.2, 0) is 32.1 Å². The highest BCUT2D eigenvalue weighted by Gasteiger charge is 2.28. The monoisotopic (exact) mass is 772 g/mol. The molecule has 2 aliphatic heterocycles. The summed E-state index contributed by atoms with van der Waals surface area (Å²) in [7, 11) is -0.915. The lowest BCUT2D eigenvalue weighted by atomic mass is 9.64. The van der Waals surface area contributed by atoms with E-state index in [1.165, 1.54) is 19.1 Å². The third-order valence-electron chi connectivity index (χ3n) is 7.95. The van der Waals surface area contributed by atoms with Crippen molar-refractivity contribution in [3.63, 3.8) is 0 Å². The molecule has 4 heterocycles. The van der Waals surface area contributed by atoms with Crippen LogP contribution >= 0.6 is 23.2 Å². The molecule has 278 valence electrons. The van der Waals surface area contributed by atoms with Gasteiger partial charge in [0.25, 0.3) is 0 Å². The van der Waals surface area contributed by atoms with Crippen molar-refractivity contribution in [3.8, 4) is 35.0 Å². The van der Waals surface area contributed by atoms with E-state index in [-0.39, 0.29) is 77.0 Å². The van der Waals surface area contributed by atoms with Crippen molar-refractivity contribution < 1.29 is 42.8 Å². The first-order valence-electron chi connectivity index (χ1n) is 17.0. The highest BCUT2D eigenvalue weighted by atomic mass is 35.5. The number of fused-ring (bicyclic) bond motifs is 2. The Bertz CT molecular complexity index is 2080. The number of ketones is 1. The zero-order valence-corrected chi connectivity index (χ0v) is 31.6. The first-order valence-corrected chi connectivity index (χ1v) is 17.8. The molecule has 0 spiro atoms. The number of carbonyl (C=O) groups is 1. The largest absolute Gasteiger partial charge is 0.491 e. The number of nitrogens with zero attached hydrogens (tertiary/aromatic N) is 4. The van der Waals surface area contributed by atoms with Crippen LogP contribution in [0.3, 0.4) is 0 Å². The molecule has 13 nitrogen and oxygen atoms in total. The fourth-order valence-corrected chi connectivity index (χ4v) is 5.65. The van der Waals surface area contributed by atoms with Crippen LogP contribution in [-0.4, -0.2) is 60.7 Å². The highest BCUT2D eigenvalue weighted by molar-refractivity contribution is 6.67. The molecule has 0 radical (unpaired) electrons. The molecule has 0 atom stereocenters. The average molecular weight is 773 g/mol. The van der Waals surface area contributed by atoms with Crippen molar-refractivity contribution in [1.29, 1.82) is 0 Å². The molecular formula is C37H36B2Cl2N4O9. The number of pyridine rings is 2. The van der Waals surface area contributed by atoms with E-state index < -0.39 is 7.12 Å². The number of halogens is 2. The molecule has 17 heteroatoms. The van der Waals surface area contributed by atoms with Gasteiger partial charge >= 0.3 is 14.0 Å². The summed E-state index contributed by atoms with van der Waals surface area (Å²) in [5, 5.41) is 10.1. The molecule has 2 aromatic heterocycles. The molecule has 0 saturated carbocycles. The second-order valence-corrected chi connectivity index (χ2v) is 13.2. The van der Waals surface area contributed by atoms with Crippen molar-refractivity contribution >= 4 is 65.3 Å². The van der Waals surface area contributed by atoms with Gasteiger partial charge in [0.15, 0.2) is 0 Å². The Balaban J connectivity index is 0.000000208. The lowest BCUT2D eigenvalue weighted by Gasteiger charge is -2.13. The first-order chi connectivity index (χ1) is 25.9. The van der Waals surface area contributed by atoms with Gasteiger partial charge in [0, 0.05) is 6.42 Å². The van der Waals surface area contributed by atoms with Crippen LogP contribution in [0.4, 0.5) is 11.4 Å². The van der Waals surface area contributed by atoms with Crippen molar-refractivity contribution in [1.82, 2.24) is 9.97 Å². The maximum Gasteiger partial charge on any atom is 0.491 e. The van der Waals surface area contributed by atoms with Gasteiger partial charge in [0.1, 0.15) is 23.9 Å². The SMILES string of the molecule is [C-]#[N+]c1cc(Cl)c(Oc2ccc3c(c2)COB3C)nc1OCCCC(C)=O.[C-]#[N+]c1cc(Cl)c(Oc2ccc3c(c2)COB3O)nc1OCCOC(C)C. The zero-order valence-electron chi connectivity index (χ0n) is 30.1. The maximum absolute atomic E-state index is 11.0. The van der Waals surface area contributed by atoms with E-state index in [4.69, 9.17) is 69.3 Å². The van der Waals surface area contributed by atoms with E-state index >= 15 is 0 Å². The fourth-order valence-electron chi connectivity index (χ4n) is 5.29. The summed E-state index contributed by atoms with van der Waals surface area (Å²) in [6, 6.07) is 13.8. The molecule has 0 aliphatic carbocycles. The second-order valence-electron chi connectivity index (χ2n) is 12.4. The Morgan fingerprint density at radius 3 is 1.93 bits per heavy atom. The summed E-state index contributed by atoms with van der Waals surface area (Å²) in [5.41, 5.74) is 4.14. The molecule has 0 unspecified atom stereocenters. The summed E-state index contributed by atoms with van der Waals surface area (Å²) >= 11 is 12.4. The third-order valence-corrected chi connectivity index (χ3v) is 8.50. The van der Waals surface area contributed by atoms with Gasteiger partial charge in [-0.25, -0.2) is 9.69 Å². The summed E-state index contributed by atoms with van der Waals surface area (Å²) in [6.45, 7) is 23.7. The Labute approximate surface area is 324 Å². The Morgan fingerprint density at radius 1 is 0.833 bits per heavy atom. The van der Waals surface area contributed by atoms with Gasteiger partial charge in [0.05, 0.1) is 55.7 Å². The number of Topliss-reactive ketones (excluding diaryl/α,β-unsaturated/α-hetero) is 1. The van der Waals surface area contributed by atoms with E-state index in [9.17, 15) is 9.82 Å². The van der Waals surface area contributed by atoms with Gasteiger partial charge in [-0.3, -0.25) is 0 Å². The predicted molar refractivity (Wildman–Crippen MR) is 204 cm³/mol. The normalized spacial score (nSPS) is 12.6. The molecule has 4 aromatic rings. The number of aromatic nitrogens is 2. The van der Waals surface area contributed by atoms with Crippen LogP contribution in [0.15, 0.2) is 48.5 Å². The minimum atomic E-state index is -0.915. The molecule has 2 aliphatic rings. The number of benzene rings is 2. The van der Waals surface area contributed by atoms with Crippen LogP contribution < -0.4 is 29.9 Å². The Morgan fingerprint density at radius 2 is 1.37 bits per heavy atom.